The molecule has 0 aliphatic heterocycles. The molecule has 0 radical (unpaired) electrons. The zero-order chi connectivity index (χ0) is 11.1. The number of nitrogens with two attached hydrogens (primary N) is 1. The van der Waals surface area contributed by atoms with Crippen molar-refractivity contribution in [1.29, 1.82) is 0 Å². The van der Waals surface area contributed by atoms with Crippen LogP contribution in [0.15, 0.2) is 36.4 Å². The molecule has 0 saturated heterocycles. The molecular weight excluding hydrogens is 325 g/mol. The van der Waals surface area contributed by atoms with Gasteiger partial charge in [-0.15, -0.1) is 48.6 Å². The van der Waals surface area contributed by atoms with E-state index in [1.54, 1.807) is 23.5 Å². The standard InChI is InChI=1S/C13H13NOS.3ClH/c14-11-7-10(11)13-5-4-12(16-13)8-2-1-3-9(15)6-8;;;/h1-6,10-11,15H,7,14H2;3*1H/t10-,11-;;;/m1.../s1. The van der Waals surface area contributed by atoms with Crippen molar-refractivity contribution in [3.05, 3.63) is 41.3 Å². The predicted octanol–water partition coefficient (Wildman–Crippen LogP) is 4.20. The molecule has 0 spiro atoms. The molecule has 2 nitrogen and oxygen atoms in total. The summed E-state index contributed by atoms with van der Waals surface area (Å²) in [6, 6.07) is 12.0. The van der Waals surface area contributed by atoms with Crippen LogP contribution in [0, 0.1) is 0 Å². The summed E-state index contributed by atoms with van der Waals surface area (Å²) in [7, 11) is 0. The summed E-state index contributed by atoms with van der Waals surface area (Å²) in [6.07, 6.45) is 1.11. The Morgan fingerprint density at radius 3 is 2.37 bits per heavy atom. The molecule has 2 atom stereocenters. The third-order valence-electron chi connectivity index (χ3n) is 2.96. The van der Waals surface area contributed by atoms with E-state index in [2.05, 4.69) is 12.1 Å². The molecule has 2 aromatic rings. The van der Waals surface area contributed by atoms with E-state index in [1.165, 1.54) is 9.75 Å². The first kappa shape index (κ1) is 18.6. The van der Waals surface area contributed by atoms with Crippen LogP contribution < -0.4 is 5.73 Å². The highest BCUT2D eigenvalue weighted by Crippen LogP contribution is 2.44. The third-order valence-corrected chi connectivity index (χ3v) is 4.23. The van der Waals surface area contributed by atoms with E-state index < -0.39 is 0 Å². The van der Waals surface area contributed by atoms with Crippen LogP contribution >= 0.6 is 48.6 Å². The minimum atomic E-state index is 0. The molecule has 0 bridgehead atoms. The van der Waals surface area contributed by atoms with Gasteiger partial charge in [0.05, 0.1) is 0 Å². The molecule has 19 heavy (non-hydrogen) atoms. The quantitative estimate of drug-likeness (QED) is 0.860. The van der Waals surface area contributed by atoms with E-state index in [4.69, 9.17) is 5.73 Å². The fraction of sp³-hybridized carbons (Fsp3) is 0.231. The third kappa shape index (κ3) is 4.01. The molecule has 1 aliphatic rings. The second kappa shape index (κ2) is 7.36. The Bertz CT molecular complexity index is 532. The summed E-state index contributed by atoms with van der Waals surface area (Å²) in [5, 5.41) is 9.43. The van der Waals surface area contributed by atoms with Gasteiger partial charge in [0.1, 0.15) is 5.75 Å². The topological polar surface area (TPSA) is 46.2 Å². The van der Waals surface area contributed by atoms with Gasteiger partial charge in [-0.2, -0.15) is 0 Å². The van der Waals surface area contributed by atoms with Gasteiger partial charge in [0.25, 0.3) is 0 Å². The molecule has 1 saturated carbocycles. The first-order chi connectivity index (χ1) is 7.74. The number of thiophene rings is 1. The molecule has 1 aromatic carbocycles. The van der Waals surface area contributed by atoms with Gasteiger partial charge in [-0.05, 0) is 36.2 Å². The Morgan fingerprint density at radius 1 is 1.11 bits per heavy atom. The van der Waals surface area contributed by atoms with Crippen LogP contribution in [0.2, 0.25) is 0 Å². The van der Waals surface area contributed by atoms with Crippen molar-refractivity contribution < 1.29 is 5.11 Å². The summed E-state index contributed by atoms with van der Waals surface area (Å²) in [5.41, 5.74) is 6.91. The number of hydrogen-bond donors (Lipinski definition) is 2. The fourth-order valence-corrected chi connectivity index (χ4v) is 3.10. The monoisotopic (exact) mass is 339 g/mol. The van der Waals surface area contributed by atoms with Crippen molar-refractivity contribution in [3.8, 4) is 16.2 Å². The van der Waals surface area contributed by atoms with E-state index in [9.17, 15) is 5.11 Å². The smallest absolute Gasteiger partial charge is 0.116 e. The maximum atomic E-state index is 9.43. The van der Waals surface area contributed by atoms with Crippen LogP contribution in [0.25, 0.3) is 10.4 Å². The van der Waals surface area contributed by atoms with E-state index in [0.717, 1.165) is 12.0 Å². The van der Waals surface area contributed by atoms with Crippen LogP contribution in [-0.4, -0.2) is 11.1 Å². The Balaban J connectivity index is 0.00000108. The summed E-state index contributed by atoms with van der Waals surface area (Å²) >= 11 is 1.78. The molecule has 1 fully saturated rings. The van der Waals surface area contributed by atoms with Crippen LogP contribution in [0.1, 0.15) is 17.2 Å². The lowest BCUT2D eigenvalue weighted by atomic mass is 10.2. The molecule has 106 valence electrons. The minimum absolute atomic E-state index is 0. The highest BCUT2D eigenvalue weighted by Gasteiger charge is 2.35. The minimum Gasteiger partial charge on any atom is -0.508 e. The normalized spacial score (nSPS) is 19.6. The fourth-order valence-electron chi connectivity index (χ4n) is 1.91. The van der Waals surface area contributed by atoms with Crippen molar-refractivity contribution in [1.82, 2.24) is 0 Å². The Morgan fingerprint density at radius 2 is 1.79 bits per heavy atom. The number of aromatic hydroxyl groups is 1. The van der Waals surface area contributed by atoms with Crippen LogP contribution in [0.5, 0.6) is 5.75 Å². The zero-order valence-electron chi connectivity index (χ0n) is 9.98. The lowest BCUT2D eigenvalue weighted by molar-refractivity contribution is 0.475. The van der Waals surface area contributed by atoms with Crippen molar-refractivity contribution in [2.75, 3.05) is 0 Å². The summed E-state index contributed by atoms with van der Waals surface area (Å²) in [5.74, 6) is 0.881. The number of phenols is 1. The summed E-state index contributed by atoms with van der Waals surface area (Å²) < 4.78 is 0. The summed E-state index contributed by atoms with van der Waals surface area (Å²) in [4.78, 5) is 2.57. The van der Waals surface area contributed by atoms with E-state index in [1.807, 2.05) is 12.1 Å². The molecular formula is C13H16Cl3NOS. The largest absolute Gasteiger partial charge is 0.508 e. The highest BCUT2D eigenvalue weighted by atomic mass is 35.5. The molecule has 0 amide bonds. The first-order valence-electron chi connectivity index (χ1n) is 5.39. The van der Waals surface area contributed by atoms with E-state index in [0.29, 0.717) is 17.7 Å². The average Bonchev–Trinajstić information content (AvgIpc) is 2.81. The van der Waals surface area contributed by atoms with Crippen LogP contribution in [0.3, 0.4) is 0 Å². The van der Waals surface area contributed by atoms with Crippen LogP contribution in [-0.2, 0) is 0 Å². The van der Waals surface area contributed by atoms with Gasteiger partial charge < -0.3 is 10.8 Å². The van der Waals surface area contributed by atoms with E-state index >= 15 is 0 Å². The van der Waals surface area contributed by atoms with Crippen molar-refractivity contribution in [2.24, 2.45) is 5.73 Å². The number of hydrogen-bond acceptors (Lipinski definition) is 3. The van der Waals surface area contributed by atoms with Gasteiger partial charge >= 0.3 is 0 Å². The molecule has 3 N–H and O–H groups in total. The van der Waals surface area contributed by atoms with Gasteiger partial charge in [-0.25, -0.2) is 0 Å². The van der Waals surface area contributed by atoms with Crippen molar-refractivity contribution in [3.63, 3.8) is 0 Å². The zero-order valence-corrected chi connectivity index (χ0v) is 13.2. The lowest BCUT2D eigenvalue weighted by Crippen LogP contribution is -1.99. The Labute approximate surface area is 135 Å². The summed E-state index contributed by atoms with van der Waals surface area (Å²) in [6.45, 7) is 0. The SMILES string of the molecule is Cl.Cl.Cl.N[C@@H]1C[C@H]1c1ccc(-c2cccc(O)c2)s1. The van der Waals surface area contributed by atoms with E-state index in [-0.39, 0.29) is 37.2 Å². The van der Waals surface area contributed by atoms with Gasteiger partial charge in [-0.1, -0.05) is 12.1 Å². The molecule has 3 rings (SSSR count). The number of phenolic OH excluding ortho intramolecular Hbond substituents is 1. The first-order valence-corrected chi connectivity index (χ1v) is 6.20. The second-order valence-electron chi connectivity index (χ2n) is 4.26. The van der Waals surface area contributed by atoms with Crippen molar-refractivity contribution in [2.45, 2.75) is 18.4 Å². The highest BCUT2D eigenvalue weighted by molar-refractivity contribution is 7.15. The molecule has 1 heterocycles. The molecule has 1 aliphatic carbocycles. The number of benzene rings is 1. The number of halogens is 3. The number of rotatable bonds is 2. The molecule has 1 aromatic heterocycles. The predicted molar refractivity (Wildman–Crippen MR) is 88.5 cm³/mol. The van der Waals surface area contributed by atoms with Gasteiger partial charge in [0.15, 0.2) is 0 Å². The lowest BCUT2D eigenvalue weighted by Gasteiger charge is -1.97. The maximum Gasteiger partial charge on any atom is 0.116 e. The van der Waals surface area contributed by atoms with Crippen molar-refractivity contribution >= 4 is 48.6 Å². The molecule has 0 unspecified atom stereocenters. The second-order valence-corrected chi connectivity index (χ2v) is 5.37. The van der Waals surface area contributed by atoms with Gasteiger partial charge in [0, 0.05) is 21.7 Å². The van der Waals surface area contributed by atoms with Crippen LogP contribution in [0.4, 0.5) is 0 Å². The van der Waals surface area contributed by atoms with Gasteiger partial charge in [0.2, 0.25) is 0 Å². The maximum absolute atomic E-state index is 9.43. The average molecular weight is 341 g/mol. The Hall–Kier alpha value is -0.450. The van der Waals surface area contributed by atoms with Gasteiger partial charge in [-0.3, -0.25) is 0 Å². The molecule has 6 heteroatoms. The Kier molecular flexibility index (Phi) is 7.19.